The molecular weight excluding hydrogens is 451 g/mol. The lowest BCUT2D eigenvalue weighted by atomic mass is 10.1. The van der Waals surface area contributed by atoms with Gasteiger partial charge in [0.15, 0.2) is 0 Å². The van der Waals surface area contributed by atoms with Crippen LogP contribution in [-0.2, 0) is 16.1 Å². The number of halogens is 2. The van der Waals surface area contributed by atoms with E-state index in [4.69, 9.17) is 23.2 Å². The molecular formula is C24H30Cl2N2O2S. The highest BCUT2D eigenvalue weighted by atomic mass is 35.5. The molecule has 0 aliphatic rings. The number of rotatable bonds is 11. The quantitative estimate of drug-likeness (QED) is 0.389. The molecule has 0 radical (unpaired) electrons. The van der Waals surface area contributed by atoms with Gasteiger partial charge in [0.2, 0.25) is 11.8 Å². The van der Waals surface area contributed by atoms with Crippen molar-refractivity contribution in [2.24, 2.45) is 0 Å². The Kier molecular flexibility index (Phi) is 10.7. The fraction of sp³-hybridized carbons (Fsp3) is 0.417. The van der Waals surface area contributed by atoms with E-state index in [-0.39, 0.29) is 17.9 Å². The van der Waals surface area contributed by atoms with Crippen molar-refractivity contribution in [2.45, 2.75) is 63.6 Å². The molecule has 31 heavy (non-hydrogen) atoms. The number of benzene rings is 2. The Morgan fingerprint density at radius 3 is 2.35 bits per heavy atom. The predicted octanol–water partition coefficient (Wildman–Crippen LogP) is 6.20. The average molecular weight is 481 g/mol. The van der Waals surface area contributed by atoms with Crippen LogP contribution in [0.2, 0.25) is 10.0 Å². The summed E-state index contributed by atoms with van der Waals surface area (Å²) in [6, 6.07) is 14.8. The third kappa shape index (κ3) is 8.06. The normalized spacial score (nSPS) is 12.8. The van der Waals surface area contributed by atoms with Crippen LogP contribution in [0.3, 0.4) is 0 Å². The van der Waals surface area contributed by atoms with Crippen LogP contribution in [0.1, 0.15) is 45.6 Å². The van der Waals surface area contributed by atoms with Crippen LogP contribution in [0.15, 0.2) is 53.4 Å². The largest absolute Gasteiger partial charge is 0.352 e. The first-order valence-corrected chi connectivity index (χ1v) is 12.3. The Bertz CT molecular complexity index is 864. The lowest BCUT2D eigenvalue weighted by molar-refractivity contribution is -0.141. The van der Waals surface area contributed by atoms with Crippen molar-refractivity contribution in [3.05, 3.63) is 64.1 Å². The van der Waals surface area contributed by atoms with Crippen LogP contribution in [0.5, 0.6) is 0 Å². The lowest BCUT2D eigenvalue weighted by Crippen LogP contribution is -2.50. The standard InChI is InChI=1S/C24H30Cl2N2O2S/c1-4-17(3)27-24(30)22(5-2)28(16-18-11-12-20(25)21(26)15-18)23(29)13-14-31-19-9-7-6-8-10-19/h6-12,15,17,22H,4-5,13-14,16H2,1-3H3,(H,27,30)/t17-,22+/m1/s1. The van der Waals surface area contributed by atoms with E-state index >= 15 is 0 Å². The van der Waals surface area contributed by atoms with Gasteiger partial charge in [-0.15, -0.1) is 11.8 Å². The smallest absolute Gasteiger partial charge is 0.243 e. The molecule has 4 nitrogen and oxygen atoms in total. The first-order chi connectivity index (χ1) is 14.8. The number of nitrogens with one attached hydrogen (secondary N) is 1. The summed E-state index contributed by atoms with van der Waals surface area (Å²) in [6.45, 7) is 6.21. The maximum atomic E-state index is 13.2. The Morgan fingerprint density at radius 1 is 1.03 bits per heavy atom. The summed E-state index contributed by atoms with van der Waals surface area (Å²) in [5.74, 6) is 0.464. The van der Waals surface area contributed by atoms with Gasteiger partial charge < -0.3 is 10.2 Å². The monoisotopic (exact) mass is 480 g/mol. The second kappa shape index (κ2) is 13.0. The van der Waals surface area contributed by atoms with Crippen LogP contribution in [-0.4, -0.2) is 34.6 Å². The van der Waals surface area contributed by atoms with E-state index in [0.717, 1.165) is 16.9 Å². The van der Waals surface area contributed by atoms with Gasteiger partial charge in [0.25, 0.3) is 0 Å². The topological polar surface area (TPSA) is 49.4 Å². The Hall–Kier alpha value is -1.69. The van der Waals surface area contributed by atoms with Gasteiger partial charge in [-0.2, -0.15) is 0 Å². The van der Waals surface area contributed by atoms with Gasteiger partial charge in [-0.3, -0.25) is 9.59 Å². The Morgan fingerprint density at radius 2 is 1.74 bits per heavy atom. The number of hydrogen-bond acceptors (Lipinski definition) is 3. The summed E-state index contributed by atoms with van der Waals surface area (Å²) in [4.78, 5) is 28.9. The molecule has 2 aromatic rings. The zero-order chi connectivity index (χ0) is 22.8. The van der Waals surface area contributed by atoms with Gasteiger partial charge in [0, 0.05) is 29.7 Å². The van der Waals surface area contributed by atoms with E-state index in [0.29, 0.717) is 35.2 Å². The molecule has 0 saturated carbocycles. The molecule has 1 N–H and O–H groups in total. The minimum atomic E-state index is -0.544. The SMILES string of the molecule is CC[C@@H](C)NC(=O)[C@H](CC)N(Cc1ccc(Cl)c(Cl)c1)C(=O)CCSc1ccccc1. The predicted molar refractivity (Wildman–Crippen MR) is 131 cm³/mol. The zero-order valence-electron chi connectivity index (χ0n) is 18.2. The van der Waals surface area contributed by atoms with Gasteiger partial charge in [0.05, 0.1) is 10.0 Å². The fourth-order valence-electron chi connectivity index (χ4n) is 3.11. The molecule has 0 aliphatic carbocycles. The molecule has 0 bridgehead atoms. The summed E-state index contributed by atoms with van der Waals surface area (Å²) in [6.07, 6.45) is 1.70. The van der Waals surface area contributed by atoms with Gasteiger partial charge in [0.1, 0.15) is 6.04 Å². The molecule has 2 atom stereocenters. The van der Waals surface area contributed by atoms with Gasteiger partial charge in [-0.25, -0.2) is 0 Å². The van der Waals surface area contributed by atoms with Crippen molar-refractivity contribution in [3.63, 3.8) is 0 Å². The summed E-state index contributed by atoms with van der Waals surface area (Å²) < 4.78 is 0. The minimum Gasteiger partial charge on any atom is -0.352 e. The Labute approximate surface area is 199 Å². The van der Waals surface area contributed by atoms with E-state index in [1.54, 1.807) is 28.8 Å². The first kappa shape index (κ1) is 25.6. The summed E-state index contributed by atoms with van der Waals surface area (Å²) >= 11 is 13.8. The van der Waals surface area contributed by atoms with Crippen LogP contribution < -0.4 is 5.32 Å². The third-order valence-corrected chi connectivity index (χ3v) is 6.80. The van der Waals surface area contributed by atoms with E-state index in [2.05, 4.69) is 5.32 Å². The molecule has 2 amide bonds. The molecule has 168 valence electrons. The number of nitrogens with zero attached hydrogens (tertiary/aromatic N) is 1. The molecule has 0 aliphatic heterocycles. The second-order valence-electron chi connectivity index (χ2n) is 7.42. The number of hydrogen-bond donors (Lipinski definition) is 1. The number of amides is 2. The van der Waals surface area contributed by atoms with E-state index in [1.165, 1.54) is 0 Å². The van der Waals surface area contributed by atoms with Crippen LogP contribution >= 0.6 is 35.0 Å². The molecule has 0 unspecified atom stereocenters. The molecule has 0 aromatic heterocycles. The number of thioether (sulfide) groups is 1. The summed E-state index contributed by atoms with van der Waals surface area (Å²) in [5, 5.41) is 3.91. The average Bonchev–Trinajstić information content (AvgIpc) is 2.76. The summed E-state index contributed by atoms with van der Waals surface area (Å²) in [7, 11) is 0. The van der Waals surface area contributed by atoms with Crippen molar-refractivity contribution < 1.29 is 9.59 Å². The molecule has 2 aromatic carbocycles. The maximum Gasteiger partial charge on any atom is 0.243 e. The van der Waals surface area contributed by atoms with Crippen molar-refractivity contribution >= 4 is 46.8 Å². The summed E-state index contributed by atoms with van der Waals surface area (Å²) in [5.41, 5.74) is 0.841. The second-order valence-corrected chi connectivity index (χ2v) is 9.41. The van der Waals surface area contributed by atoms with Gasteiger partial charge >= 0.3 is 0 Å². The molecule has 0 heterocycles. The first-order valence-electron chi connectivity index (χ1n) is 10.6. The van der Waals surface area contributed by atoms with E-state index < -0.39 is 6.04 Å². The molecule has 0 saturated heterocycles. The fourth-order valence-corrected chi connectivity index (χ4v) is 4.29. The van der Waals surface area contributed by atoms with Gasteiger partial charge in [-0.1, -0.05) is 61.3 Å². The van der Waals surface area contributed by atoms with Gasteiger partial charge in [-0.05, 0) is 49.6 Å². The number of carbonyl (C=O) groups is 2. The highest BCUT2D eigenvalue weighted by molar-refractivity contribution is 7.99. The van der Waals surface area contributed by atoms with Crippen molar-refractivity contribution in [1.29, 1.82) is 0 Å². The highest BCUT2D eigenvalue weighted by Crippen LogP contribution is 2.25. The molecule has 2 rings (SSSR count). The van der Waals surface area contributed by atoms with Crippen LogP contribution in [0.4, 0.5) is 0 Å². The third-order valence-electron chi connectivity index (χ3n) is 5.05. The van der Waals surface area contributed by atoms with Crippen molar-refractivity contribution in [3.8, 4) is 0 Å². The van der Waals surface area contributed by atoms with Crippen LogP contribution in [0.25, 0.3) is 0 Å². The zero-order valence-corrected chi connectivity index (χ0v) is 20.6. The molecule has 0 fully saturated rings. The molecule has 0 spiro atoms. The number of carbonyl (C=O) groups excluding carboxylic acids is 2. The van der Waals surface area contributed by atoms with Crippen molar-refractivity contribution in [2.75, 3.05) is 5.75 Å². The lowest BCUT2D eigenvalue weighted by Gasteiger charge is -2.31. The minimum absolute atomic E-state index is 0.0529. The van der Waals surface area contributed by atoms with Crippen LogP contribution in [0, 0.1) is 0 Å². The Balaban J connectivity index is 2.17. The van der Waals surface area contributed by atoms with E-state index in [9.17, 15) is 9.59 Å². The highest BCUT2D eigenvalue weighted by Gasteiger charge is 2.29. The maximum absolute atomic E-state index is 13.2. The van der Waals surface area contributed by atoms with E-state index in [1.807, 2.05) is 57.2 Å². The van der Waals surface area contributed by atoms with Crippen molar-refractivity contribution in [1.82, 2.24) is 10.2 Å². The molecule has 7 heteroatoms.